The number of aromatic nitrogens is 1. The molecule has 0 aliphatic carbocycles. The van der Waals surface area contributed by atoms with Crippen LogP contribution in [0.5, 0.6) is 0 Å². The normalized spacial score (nSPS) is 12.1. The summed E-state index contributed by atoms with van der Waals surface area (Å²) in [6.45, 7) is 5.70. The van der Waals surface area contributed by atoms with E-state index in [0.717, 1.165) is 15.8 Å². The molecule has 2 heterocycles. The predicted molar refractivity (Wildman–Crippen MR) is 135 cm³/mol. The number of carbonyl (C=O) groups excluding carboxylic acids is 1. The maximum absolute atomic E-state index is 13.6. The van der Waals surface area contributed by atoms with Crippen molar-refractivity contribution < 1.29 is 17.6 Å². The molecule has 0 fully saturated rings. The largest absolute Gasteiger partial charge is 0.467 e. The molecule has 0 spiro atoms. The highest BCUT2D eigenvalue weighted by molar-refractivity contribution is 7.89. The summed E-state index contributed by atoms with van der Waals surface area (Å²) in [5, 5.41) is 1.10. The van der Waals surface area contributed by atoms with Crippen LogP contribution in [-0.4, -0.2) is 36.7 Å². The van der Waals surface area contributed by atoms with Crippen LogP contribution < -0.4 is 4.90 Å². The molecule has 0 bridgehead atoms. The molecule has 178 valence electrons. The Morgan fingerprint density at radius 3 is 2.50 bits per heavy atom. The van der Waals surface area contributed by atoms with E-state index in [-0.39, 0.29) is 23.4 Å². The molecular formula is C24H24ClN3O4S2. The summed E-state index contributed by atoms with van der Waals surface area (Å²) in [6, 6.07) is 13.0. The number of furan rings is 1. The molecule has 10 heteroatoms. The Labute approximate surface area is 207 Å². The van der Waals surface area contributed by atoms with Crippen molar-refractivity contribution in [3.05, 3.63) is 76.7 Å². The lowest BCUT2D eigenvalue weighted by atomic mass is 10.2. The molecule has 2 aromatic heterocycles. The van der Waals surface area contributed by atoms with E-state index >= 15 is 0 Å². The molecule has 2 aromatic carbocycles. The van der Waals surface area contributed by atoms with Crippen LogP contribution in [0.1, 0.15) is 35.5 Å². The van der Waals surface area contributed by atoms with Crippen molar-refractivity contribution in [2.24, 2.45) is 0 Å². The zero-order valence-corrected chi connectivity index (χ0v) is 21.5. The second-order valence-corrected chi connectivity index (χ2v) is 11.6. The van der Waals surface area contributed by atoms with Crippen LogP contribution >= 0.6 is 22.9 Å². The van der Waals surface area contributed by atoms with Crippen LogP contribution in [0.25, 0.3) is 10.2 Å². The lowest BCUT2D eigenvalue weighted by Gasteiger charge is -2.21. The van der Waals surface area contributed by atoms with Crippen molar-refractivity contribution in [2.45, 2.75) is 38.3 Å². The molecule has 4 rings (SSSR count). The van der Waals surface area contributed by atoms with Gasteiger partial charge in [0, 0.05) is 23.7 Å². The number of fused-ring (bicyclic) bond motifs is 1. The van der Waals surface area contributed by atoms with Gasteiger partial charge in [-0.15, -0.1) is 0 Å². The minimum atomic E-state index is -3.65. The van der Waals surface area contributed by atoms with Crippen LogP contribution in [0.4, 0.5) is 5.13 Å². The highest BCUT2D eigenvalue weighted by atomic mass is 35.5. The van der Waals surface area contributed by atoms with Crippen molar-refractivity contribution in [1.29, 1.82) is 0 Å². The van der Waals surface area contributed by atoms with Crippen LogP contribution in [-0.2, 0) is 16.6 Å². The molecule has 0 aliphatic rings. The summed E-state index contributed by atoms with van der Waals surface area (Å²) >= 11 is 7.57. The summed E-state index contributed by atoms with van der Waals surface area (Å²) in [6.07, 6.45) is 1.55. The average Bonchev–Trinajstić information content (AvgIpc) is 3.46. The van der Waals surface area contributed by atoms with Crippen LogP contribution in [0.15, 0.2) is 64.1 Å². The number of carbonyl (C=O) groups is 1. The highest BCUT2D eigenvalue weighted by Gasteiger charge is 2.26. The molecular weight excluding hydrogens is 494 g/mol. The molecule has 4 aromatic rings. The van der Waals surface area contributed by atoms with Gasteiger partial charge in [0.2, 0.25) is 10.0 Å². The number of hydrogen-bond acceptors (Lipinski definition) is 6. The minimum Gasteiger partial charge on any atom is -0.467 e. The van der Waals surface area contributed by atoms with Crippen LogP contribution in [0, 0.1) is 6.92 Å². The minimum absolute atomic E-state index is 0.128. The fraction of sp³-hybridized carbons (Fsp3) is 0.250. The number of amides is 1. The van der Waals surface area contributed by atoms with Crippen molar-refractivity contribution in [3.63, 3.8) is 0 Å². The van der Waals surface area contributed by atoms with E-state index in [1.54, 1.807) is 32.2 Å². The van der Waals surface area contributed by atoms with Gasteiger partial charge in [-0.05, 0) is 74.9 Å². The van der Waals surface area contributed by atoms with Crippen molar-refractivity contribution in [1.82, 2.24) is 9.29 Å². The second kappa shape index (κ2) is 9.50. The number of aryl methyl sites for hydroxylation is 1. The molecule has 0 atom stereocenters. The first-order chi connectivity index (χ1) is 16.1. The first kappa shape index (κ1) is 24.4. The Balaban J connectivity index is 1.71. The molecule has 0 aliphatic heterocycles. The van der Waals surface area contributed by atoms with E-state index in [9.17, 15) is 13.2 Å². The van der Waals surface area contributed by atoms with E-state index < -0.39 is 10.0 Å². The van der Waals surface area contributed by atoms with Gasteiger partial charge in [0.15, 0.2) is 5.13 Å². The Morgan fingerprint density at radius 1 is 1.18 bits per heavy atom. The number of benzene rings is 2. The van der Waals surface area contributed by atoms with Crippen molar-refractivity contribution in [3.8, 4) is 0 Å². The van der Waals surface area contributed by atoms with Crippen molar-refractivity contribution >= 4 is 54.2 Å². The quantitative estimate of drug-likeness (QED) is 0.312. The Bertz CT molecular complexity index is 1430. The maximum atomic E-state index is 13.6. The number of sulfonamides is 1. The number of hydrogen-bond donors (Lipinski definition) is 0. The van der Waals surface area contributed by atoms with Gasteiger partial charge in [-0.3, -0.25) is 9.69 Å². The van der Waals surface area contributed by atoms with Gasteiger partial charge < -0.3 is 4.42 Å². The Hall–Kier alpha value is -2.72. The fourth-order valence-corrected chi connectivity index (χ4v) is 6.20. The van der Waals surface area contributed by atoms with Gasteiger partial charge in [-0.1, -0.05) is 22.9 Å². The Kier molecular flexibility index (Phi) is 6.82. The van der Waals surface area contributed by atoms with Crippen LogP contribution in [0.2, 0.25) is 5.02 Å². The first-order valence-electron chi connectivity index (χ1n) is 10.6. The van der Waals surface area contributed by atoms with E-state index in [1.165, 1.54) is 51.9 Å². The van der Waals surface area contributed by atoms with Crippen LogP contribution in [0.3, 0.4) is 0 Å². The second-order valence-electron chi connectivity index (χ2n) is 8.18. The molecule has 0 saturated heterocycles. The average molecular weight is 518 g/mol. The van der Waals surface area contributed by atoms with Gasteiger partial charge in [-0.2, -0.15) is 4.31 Å². The topological polar surface area (TPSA) is 83.7 Å². The molecule has 0 unspecified atom stereocenters. The third kappa shape index (κ3) is 4.74. The van der Waals surface area contributed by atoms with E-state index in [4.69, 9.17) is 21.0 Å². The molecule has 1 amide bonds. The summed E-state index contributed by atoms with van der Waals surface area (Å²) in [7, 11) is -2.12. The number of rotatable bonds is 7. The van der Waals surface area contributed by atoms with Gasteiger partial charge >= 0.3 is 0 Å². The lowest BCUT2D eigenvalue weighted by molar-refractivity contribution is 0.0983. The number of anilines is 1. The number of thiazole rings is 1. The molecule has 7 nitrogen and oxygen atoms in total. The Morgan fingerprint density at radius 2 is 1.88 bits per heavy atom. The molecule has 0 N–H and O–H groups in total. The molecule has 0 radical (unpaired) electrons. The van der Waals surface area contributed by atoms with Crippen molar-refractivity contribution in [2.75, 3.05) is 11.9 Å². The van der Waals surface area contributed by atoms with Gasteiger partial charge in [0.1, 0.15) is 5.76 Å². The standard InChI is InChI=1S/C24H24ClN3O4S2/c1-15(2)27(4)34(30,31)20-9-7-17(8-10-20)23(29)28(14-19-6-5-11-32-19)24-26-22-16(3)12-18(25)13-21(22)33-24/h5-13,15H,14H2,1-4H3. The molecule has 0 saturated carbocycles. The SMILES string of the molecule is Cc1cc(Cl)cc2sc(N(Cc3ccco3)C(=O)c3ccc(S(=O)(=O)N(C)C(C)C)cc3)nc12. The highest BCUT2D eigenvalue weighted by Crippen LogP contribution is 2.34. The van der Waals surface area contributed by atoms with Gasteiger partial charge in [0.05, 0.1) is 27.9 Å². The summed E-state index contributed by atoms with van der Waals surface area (Å²) in [5.74, 6) is 0.278. The monoisotopic (exact) mass is 517 g/mol. The van der Waals surface area contributed by atoms with Gasteiger partial charge in [-0.25, -0.2) is 13.4 Å². The lowest BCUT2D eigenvalue weighted by Crippen LogP contribution is -2.33. The maximum Gasteiger partial charge on any atom is 0.260 e. The number of nitrogens with zero attached hydrogens (tertiary/aromatic N) is 3. The number of halogens is 1. The van der Waals surface area contributed by atoms with E-state index in [1.807, 2.05) is 19.1 Å². The third-order valence-corrected chi connectivity index (χ3v) is 8.81. The summed E-state index contributed by atoms with van der Waals surface area (Å²) in [5.41, 5.74) is 2.03. The predicted octanol–water partition coefficient (Wildman–Crippen LogP) is 5.73. The summed E-state index contributed by atoms with van der Waals surface area (Å²) < 4.78 is 33.2. The van der Waals surface area contributed by atoms with E-state index in [0.29, 0.717) is 21.5 Å². The third-order valence-electron chi connectivity index (χ3n) is 5.51. The zero-order valence-electron chi connectivity index (χ0n) is 19.1. The first-order valence-corrected chi connectivity index (χ1v) is 13.2. The fourth-order valence-electron chi connectivity index (χ4n) is 3.41. The summed E-state index contributed by atoms with van der Waals surface area (Å²) in [4.78, 5) is 19.9. The van der Waals surface area contributed by atoms with Gasteiger partial charge in [0.25, 0.3) is 5.91 Å². The smallest absolute Gasteiger partial charge is 0.260 e. The zero-order chi connectivity index (χ0) is 24.6. The van der Waals surface area contributed by atoms with E-state index in [2.05, 4.69) is 0 Å². The molecule has 34 heavy (non-hydrogen) atoms.